The van der Waals surface area contributed by atoms with E-state index in [0.29, 0.717) is 6.04 Å². The van der Waals surface area contributed by atoms with E-state index in [4.69, 9.17) is 4.42 Å². The third kappa shape index (κ3) is 2.02. The van der Waals surface area contributed by atoms with Gasteiger partial charge in [-0.1, -0.05) is 25.0 Å². The highest BCUT2D eigenvalue weighted by Gasteiger charge is 2.39. The van der Waals surface area contributed by atoms with Gasteiger partial charge in [-0.25, -0.2) is 0 Å². The van der Waals surface area contributed by atoms with Crippen LogP contribution in [0.2, 0.25) is 0 Å². The van der Waals surface area contributed by atoms with Crippen molar-refractivity contribution in [3.63, 3.8) is 0 Å². The number of nitrogens with zero attached hydrogens (tertiary/aromatic N) is 1. The van der Waals surface area contributed by atoms with Crippen LogP contribution in [0, 0.1) is 0 Å². The Kier molecular flexibility index (Phi) is 2.95. The van der Waals surface area contributed by atoms with Crippen LogP contribution in [-0.4, -0.2) is 16.8 Å². The van der Waals surface area contributed by atoms with Gasteiger partial charge in [-0.2, -0.15) is 0 Å². The Bertz CT molecular complexity index is 645. The Morgan fingerprint density at radius 2 is 1.90 bits per heavy atom. The summed E-state index contributed by atoms with van der Waals surface area (Å²) in [6, 6.07) is 11.8. The summed E-state index contributed by atoms with van der Waals surface area (Å²) >= 11 is 0. The van der Waals surface area contributed by atoms with E-state index in [1.54, 1.807) is 6.26 Å². The van der Waals surface area contributed by atoms with Crippen molar-refractivity contribution >= 4 is 11.6 Å². The van der Waals surface area contributed by atoms with Crippen LogP contribution in [0.25, 0.3) is 0 Å². The zero-order valence-corrected chi connectivity index (χ0v) is 11.8. The van der Waals surface area contributed by atoms with Crippen LogP contribution in [0.1, 0.15) is 48.0 Å². The molecule has 1 amide bonds. The van der Waals surface area contributed by atoms with E-state index in [-0.39, 0.29) is 12.1 Å². The zero-order valence-electron chi connectivity index (χ0n) is 11.8. The SMILES string of the molecule is O=C1c2ccccc2N[C@H](c2ccco2)N1C1CCCC1. The zero-order chi connectivity index (χ0) is 14.2. The molecule has 0 spiro atoms. The average Bonchev–Trinajstić information content (AvgIpc) is 3.20. The van der Waals surface area contributed by atoms with Gasteiger partial charge in [0.1, 0.15) is 5.76 Å². The number of para-hydroxylation sites is 1. The lowest BCUT2D eigenvalue weighted by Gasteiger charge is -2.40. The van der Waals surface area contributed by atoms with E-state index >= 15 is 0 Å². The highest BCUT2D eigenvalue weighted by molar-refractivity contribution is 6.01. The van der Waals surface area contributed by atoms with E-state index < -0.39 is 0 Å². The number of nitrogens with one attached hydrogen (secondary N) is 1. The van der Waals surface area contributed by atoms with Gasteiger partial charge in [0.25, 0.3) is 5.91 Å². The van der Waals surface area contributed by atoms with Crippen LogP contribution in [0.15, 0.2) is 47.1 Å². The summed E-state index contributed by atoms with van der Waals surface area (Å²) in [7, 11) is 0. The normalized spacial score (nSPS) is 22.2. The van der Waals surface area contributed by atoms with Crippen molar-refractivity contribution < 1.29 is 9.21 Å². The first-order valence-corrected chi connectivity index (χ1v) is 7.56. The second-order valence-corrected chi connectivity index (χ2v) is 5.76. The Morgan fingerprint density at radius 1 is 1.10 bits per heavy atom. The lowest BCUT2D eigenvalue weighted by atomic mass is 10.0. The molecule has 0 bridgehead atoms. The Hall–Kier alpha value is -2.23. The molecule has 1 N–H and O–H groups in total. The third-order valence-corrected chi connectivity index (χ3v) is 4.49. The molecule has 1 atom stereocenters. The minimum absolute atomic E-state index is 0.109. The number of carbonyl (C=O) groups excluding carboxylic acids is 1. The van der Waals surface area contributed by atoms with Crippen molar-refractivity contribution in [2.45, 2.75) is 37.9 Å². The molecule has 4 rings (SSSR count). The fourth-order valence-corrected chi connectivity index (χ4v) is 3.48. The smallest absolute Gasteiger partial charge is 0.258 e. The summed E-state index contributed by atoms with van der Waals surface area (Å²) in [4.78, 5) is 14.9. The maximum Gasteiger partial charge on any atom is 0.258 e. The van der Waals surface area contributed by atoms with Gasteiger partial charge >= 0.3 is 0 Å². The van der Waals surface area contributed by atoms with Gasteiger partial charge in [0.15, 0.2) is 6.17 Å². The monoisotopic (exact) mass is 282 g/mol. The van der Waals surface area contributed by atoms with E-state index in [1.165, 1.54) is 12.8 Å². The van der Waals surface area contributed by atoms with Crippen molar-refractivity contribution in [1.29, 1.82) is 0 Å². The fraction of sp³-hybridized carbons (Fsp3) is 0.353. The average molecular weight is 282 g/mol. The highest BCUT2D eigenvalue weighted by atomic mass is 16.3. The predicted molar refractivity (Wildman–Crippen MR) is 79.9 cm³/mol. The number of carbonyl (C=O) groups is 1. The summed E-state index contributed by atoms with van der Waals surface area (Å²) in [5.41, 5.74) is 1.64. The molecule has 0 saturated heterocycles. The summed E-state index contributed by atoms with van der Waals surface area (Å²) in [5, 5.41) is 3.47. The van der Waals surface area contributed by atoms with Gasteiger partial charge in [0, 0.05) is 11.7 Å². The van der Waals surface area contributed by atoms with Crippen LogP contribution >= 0.6 is 0 Å². The maximum atomic E-state index is 13.0. The van der Waals surface area contributed by atoms with Crippen LogP contribution in [-0.2, 0) is 0 Å². The van der Waals surface area contributed by atoms with E-state index in [9.17, 15) is 4.79 Å². The number of hydrogen-bond donors (Lipinski definition) is 1. The standard InChI is InChI=1S/C17H18N2O2/c20-17-13-8-3-4-9-14(13)18-16(15-10-5-11-21-15)19(17)12-6-1-2-7-12/h3-5,8-12,16,18H,1-2,6-7H2/t16-/m0/s1. The molecule has 0 unspecified atom stereocenters. The molecular formula is C17H18N2O2. The number of furan rings is 1. The summed E-state index contributed by atoms with van der Waals surface area (Å²) < 4.78 is 5.57. The molecule has 4 nitrogen and oxygen atoms in total. The Labute approximate surface area is 123 Å². The van der Waals surface area contributed by atoms with Crippen molar-refractivity contribution in [2.24, 2.45) is 0 Å². The molecule has 1 aromatic heterocycles. The first kappa shape index (κ1) is 12.5. The molecule has 0 radical (unpaired) electrons. The molecule has 108 valence electrons. The molecule has 2 heterocycles. The number of amides is 1. The topological polar surface area (TPSA) is 45.5 Å². The van der Waals surface area contributed by atoms with Crippen molar-refractivity contribution in [3.8, 4) is 0 Å². The number of fused-ring (bicyclic) bond motifs is 1. The van der Waals surface area contributed by atoms with Gasteiger partial charge < -0.3 is 14.6 Å². The van der Waals surface area contributed by atoms with E-state index in [0.717, 1.165) is 29.9 Å². The third-order valence-electron chi connectivity index (χ3n) is 4.49. The molecule has 1 aliphatic carbocycles. The number of benzene rings is 1. The summed E-state index contributed by atoms with van der Waals surface area (Å²) in [6.45, 7) is 0. The highest BCUT2D eigenvalue weighted by Crippen LogP contribution is 2.38. The van der Waals surface area contributed by atoms with Gasteiger partial charge in [0.2, 0.25) is 0 Å². The van der Waals surface area contributed by atoms with Gasteiger partial charge in [-0.05, 0) is 37.1 Å². The minimum atomic E-state index is -0.203. The molecule has 4 heteroatoms. The lowest BCUT2D eigenvalue weighted by molar-refractivity contribution is 0.0558. The van der Waals surface area contributed by atoms with Gasteiger partial charge in [-0.3, -0.25) is 4.79 Å². The van der Waals surface area contributed by atoms with Gasteiger partial charge in [-0.15, -0.1) is 0 Å². The first-order chi connectivity index (χ1) is 10.3. The molecule has 2 aliphatic rings. The molecule has 21 heavy (non-hydrogen) atoms. The number of rotatable bonds is 2. The Balaban J connectivity index is 1.78. The molecule has 2 aromatic rings. The summed E-state index contributed by atoms with van der Waals surface area (Å²) in [6.07, 6.45) is 6.00. The van der Waals surface area contributed by atoms with Crippen LogP contribution in [0.3, 0.4) is 0 Å². The number of anilines is 1. The predicted octanol–water partition coefficient (Wildman–Crippen LogP) is 3.79. The summed E-state index contributed by atoms with van der Waals surface area (Å²) in [5.74, 6) is 0.905. The lowest BCUT2D eigenvalue weighted by Crippen LogP contribution is -2.47. The quantitative estimate of drug-likeness (QED) is 0.911. The Morgan fingerprint density at radius 3 is 2.67 bits per heavy atom. The first-order valence-electron chi connectivity index (χ1n) is 7.56. The van der Waals surface area contributed by atoms with Crippen molar-refractivity contribution in [1.82, 2.24) is 4.90 Å². The fourth-order valence-electron chi connectivity index (χ4n) is 3.48. The van der Waals surface area contributed by atoms with Crippen LogP contribution in [0.4, 0.5) is 5.69 Å². The second-order valence-electron chi connectivity index (χ2n) is 5.76. The maximum absolute atomic E-state index is 13.0. The van der Waals surface area contributed by atoms with Crippen LogP contribution < -0.4 is 5.32 Å². The largest absolute Gasteiger partial charge is 0.465 e. The van der Waals surface area contributed by atoms with Gasteiger partial charge in [0.05, 0.1) is 11.8 Å². The molecule has 1 aromatic carbocycles. The van der Waals surface area contributed by atoms with E-state index in [1.807, 2.05) is 41.3 Å². The second kappa shape index (κ2) is 4.95. The molecule has 1 fully saturated rings. The van der Waals surface area contributed by atoms with E-state index in [2.05, 4.69) is 5.32 Å². The molecular weight excluding hydrogens is 264 g/mol. The minimum Gasteiger partial charge on any atom is -0.465 e. The molecule has 1 saturated carbocycles. The van der Waals surface area contributed by atoms with Crippen molar-refractivity contribution in [2.75, 3.05) is 5.32 Å². The molecule has 1 aliphatic heterocycles. The van der Waals surface area contributed by atoms with Crippen molar-refractivity contribution in [3.05, 3.63) is 54.0 Å². The number of hydrogen-bond acceptors (Lipinski definition) is 3. The van der Waals surface area contributed by atoms with Crippen LogP contribution in [0.5, 0.6) is 0 Å².